The molecule has 0 bridgehead atoms. The van der Waals surface area contributed by atoms with Crippen LogP contribution in [0.1, 0.15) is 61.0 Å². The summed E-state index contributed by atoms with van der Waals surface area (Å²) in [5, 5.41) is 2.89. The van der Waals surface area contributed by atoms with E-state index in [4.69, 9.17) is 4.42 Å². The van der Waals surface area contributed by atoms with E-state index >= 15 is 0 Å². The molecule has 0 atom stereocenters. The molecule has 2 heterocycles. The fraction of sp³-hybridized carbons (Fsp3) is 0.583. The van der Waals surface area contributed by atoms with Crippen LogP contribution in [0, 0.1) is 5.92 Å². The predicted molar refractivity (Wildman–Crippen MR) is 120 cm³/mol. The highest BCUT2D eigenvalue weighted by molar-refractivity contribution is 5.91. The van der Waals surface area contributed by atoms with Crippen molar-refractivity contribution in [3.63, 3.8) is 0 Å². The zero-order chi connectivity index (χ0) is 22.2. The normalized spacial score (nSPS) is 14.3. The Bertz CT molecular complexity index is 849. The van der Waals surface area contributed by atoms with Crippen LogP contribution in [0.2, 0.25) is 0 Å². The maximum atomic E-state index is 13.0. The predicted octanol–water partition coefficient (Wildman–Crippen LogP) is 1.93. The molecule has 31 heavy (non-hydrogen) atoms. The molecule has 7 nitrogen and oxygen atoms in total. The Balaban J connectivity index is 1.61. The molecule has 0 saturated heterocycles. The van der Waals surface area contributed by atoms with Crippen LogP contribution in [-0.2, 0) is 17.9 Å². The molecular formula is C24H37N4O3+. The Morgan fingerprint density at radius 3 is 2.71 bits per heavy atom. The smallest absolute Gasteiger partial charge is 0.287 e. The second kappa shape index (κ2) is 11.2. The van der Waals surface area contributed by atoms with Crippen LogP contribution in [0.25, 0.3) is 0 Å². The lowest BCUT2D eigenvalue weighted by molar-refractivity contribution is -0.856. The Labute approximate surface area is 185 Å². The third-order valence-electron chi connectivity index (χ3n) is 5.91. The molecule has 2 N–H and O–H groups in total. The van der Waals surface area contributed by atoms with Crippen molar-refractivity contribution in [2.24, 2.45) is 5.92 Å². The number of carbonyl (C=O) groups is 2. The number of likely N-dealkylation sites (N-methyl/N-ethyl adjacent to an activating group) is 1. The number of furan rings is 1. The monoisotopic (exact) mass is 429 g/mol. The third-order valence-corrected chi connectivity index (χ3v) is 5.91. The zero-order valence-corrected chi connectivity index (χ0v) is 19.2. The molecule has 1 aliphatic rings. The average Bonchev–Trinajstić information content (AvgIpc) is 3.50. The number of rotatable bonds is 11. The van der Waals surface area contributed by atoms with Gasteiger partial charge in [-0.25, -0.2) is 0 Å². The summed E-state index contributed by atoms with van der Waals surface area (Å²) in [4.78, 5) is 28.5. The molecule has 0 aromatic carbocycles. The van der Waals surface area contributed by atoms with Crippen molar-refractivity contribution < 1.29 is 18.9 Å². The van der Waals surface area contributed by atoms with Gasteiger partial charge in [-0.2, -0.15) is 0 Å². The SMILES string of the molecule is CCCN(Cc1cccn1Cc1ccc(C(=O)NCC[NH+](C)C)o1)C(=O)C1CCCC1. The first-order valence-corrected chi connectivity index (χ1v) is 11.6. The molecule has 170 valence electrons. The number of carbonyl (C=O) groups excluding carboxylic acids is 2. The van der Waals surface area contributed by atoms with Gasteiger partial charge in [0.15, 0.2) is 5.76 Å². The molecule has 1 fully saturated rings. The number of amides is 2. The summed E-state index contributed by atoms with van der Waals surface area (Å²) in [6.45, 7) is 5.51. The van der Waals surface area contributed by atoms with Gasteiger partial charge in [-0.15, -0.1) is 0 Å². The van der Waals surface area contributed by atoms with Crippen LogP contribution in [0.15, 0.2) is 34.9 Å². The molecule has 0 radical (unpaired) electrons. The molecular weight excluding hydrogens is 392 g/mol. The summed E-state index contributed by atoms with van der Waals surface area (Å²) < 4.78 is 7.89. The number of nitrogens with zero attached hydrogens (tertiary/aromatic N) is 2. The number of quaternary nitrogens is 1. The molecule has 2 aromatic rings. The molecule has 0 aliphatic heterocycles. The van der Waals surface area contributed by atoms with E-state index in [1.54, 1.807) is 6.07 Å². The Hall–Kier alpha value is -2.54. The van der Waals surface area contributed by atoms with E-state index < -0.39 is 0 Å². The number of hydrogen-bond acceptors (Lipinski definition) is 3. The van der Waals surface area contributed by atoms with Crippen LogP contribution >= 0.6 is 0 Å². The van der Waals surface area contributed by atoms with Gasteiger partial charge in [-0.05, 0) is 43.5 Å². The first-order valence-electron chi connectivity index (χ1n) is 11.6. The second-order valence-electron chi connectivity index (χ2n) is 8.85. The lowest BCUT2D eigenvalue weighted by atomic mass is 10.1. The lowest BCUT2D eigenvalue weighted by Crippen LogP contribution is -3.06. The van der Waals surface area contributed by atoms with Crippen LogP contribution in [-0.4, -0.2) is 55.0 Å². The molecule has 7 heteroatoms. The van der Waals surface area contributed by atoms with E-state index in [-0.39, 0.29) is 11.8 Å². The Morgan fingerprint density at radius 1 is 1.23 bits per heavy atom. The number of nitrogens with one attached hydrogen (secondary N) is 2. The minimum atomic E-state index is -0.184. The van der Waals surface area contributed by atoms with Crippen molar-refractivity contribution in [1.82, 2.24) is 14.8 Å². The van der Waals surface area contributed by atoms with E-state index in [0.717, 1.165) is 56.6 Å². The van der Waals surface area contributed by atoms with Gasteiger partial charge >= 0.3 is 0 Å². The van der Waals surface area contributed by atoms with E-state index in [1.807, 2.05) is 23.2 Å². The van der Waals surface area contributed by atoms with Crippen molar-refractivity contribution in [1.29, 1.82) is 0 Å². The minimum absolute atomic E-state index is 0.184. The third kappa shape index (κ3) is 6.47. The molecule has 2 aromatic heterocycles. The Morgan fingerprint density at radius 2 is 2.00 bits per heavy atom. The van der Waals surface area contributed by atoms with Gasteiger partial charge in [0.1, 0.15) is 5.76 Å². The molecule has 0 spiro atoms. The Kier molecular flexibility index (Phi) is 8.35. The van der Waals surface area contributed by atoms with Gasteiger partial charge in [0.05, 0.1) is 40.3 Å². The summed E-state index contributed by atoms with van der Waals surface area (Å²) in [6, 6.07) is 7.64. The molecule has 1 aliphatic carbocycles. The van der Waals surface area contributed by atoms with E-state index in [9.17, 15) is 9.59 Å². The molecule has 1 saturated carbocycles. The van der Waals surface area contributed by atoms with E-state index in [0.29, 0.717) is 31.3 Å². The van der Waals surface area contributed by atoms with Crippen LogP contribution in [0.5, 0.6) is 0 Å². The fourth-order valence-corrected chi connectivity index (χ4v) is 4.18. The largest absolute Gasteiger partial charge is 0.454 e. The van der Waals surface area contributed by atoms with Crippen molar-refractivity contribution in [2.45, 2.75) is 52.1 Å². The summed E-state index contributed by atoms with van der Waals surface area (Å²) in [5.74, 6) is 1.36. The second-order valence-corrected chi connectivity index (χ2v) is 8.85. The molecule has 3 rings (SSSR count). The van der Waals surface area contributed by atoms with Crippen molar-refractivity contribution in [3.05, 3.63) is 47.7 Å². The maximum absolute atomic E-state index is 13.0. The first kappa shape index (κ1) is 23.1. The van der Waals surface area contributed by atoms with Crippen molar-refractivity contribution in [2.75, 3.05) is 33.7 Å². The van der Waals surface area contributed by atoms with E-state index in [1.165, 1.54) is 4.90 Å². The summed E-state index contributed by atoms with van der Waals surface area (Å²) >= 11 is 0. The van der Waals surface area contributed by atoms with Gasteiger partial charge in [0, 0.05) is 24.4 Å². The zero-order valence-electron chi connectivity index (χ0n) is 19.2. The quantitative estimate of drug-likeness (QED) is 0.573. The van der Waals surface area contributed by atoms with Gasteiger partial charge < -0.3 is 24.1 Å². The highest BCUT2D eigenvalue weighted by Gasteiger charge is 2.27. The minimum Gasteiger partial charge on any atom is -0.454 e. The highest BCUT2D eigenvalue weighted by atomic mass is 16.4. The lowest BCUT2D eigenvalue weighted by Gasteiger charge is -2.26. The highest BCUT2D eigenvalue weighted by Crippen LogP contribution is 2.27. The summed E-state index contributed by atoms with van der Waals surface area (Å²) in [6.07, 6.45) is 7.32. The van der Waals surface area contributed by atoms with Crippen molar-refractivity contribution in [3.8, 4) is 0 Å². The van der Waals surface area contributed by atoms with Gasteiger partial charge in [-0.1, -0.05) is 19.8 Å². The van der Waals surface area contributed by atoms with E-state index in [2.05, 4.69) is 37.0 Å². The van der Waals surface area contributed by atoms with Crippen LogP contribution < -0.4 is 10.2 Å². The van der Waals surface area contributed by atoms with Gasteiger partial charge in [0.25, 0.3) is 5.91 Å². The average molecular weight is 430 g/mol. The van der Waals surface area contributed by atoms with Crippen LogP contribution in [0.3, 0.4) is 0 Å². The van der Waals surface area contributed by atoms with Crippen LogP contribution in [0.4, 0.5) is 0 Å². The van der Waals surface area contributed by atoms with Crippen molar-refractivity contribution >= 4 is 11.8 Å². The summed E-state index contributed by atoms with van der Waals surface area (Å²) in [5.41, 5.74) is 1.08. The maximum Gasteiger partial charge on any atom is 0.287 e. The van der Waals surface area contributed by atoms with Gasteiger partial charge in [-0.3, -0.25) is 9.59 Å². The number of aromatic nitrogens is 1. The fourth-order valence-electron chi connectivity index (χ4n) is 4.18. The molecule has 0 unspecified atom stereocenters. The summed E-state index contributed by atoms with van der Waals surface area (Å²) in [7, 11) is 4.10. The number of hydrogen-bond donors (Lipinski definition) is 2. The topological polar surface area (TPSA) is 71.9 Å². The molecule has 2 amide bonds. The standard InChI is InChI=1S/C24H36N4O3/c1-4-14-28(24(30)19-8-5-6-9-19)17-20-10-7-15-27(20)18-21-11-12-22(31-21)23(29)25-13-16-26(2)3/h7,10-12,15,19H,4-6,8-9,13-14,16-18H2,1-3H3,(H,25,29)/p+1. The first-order chi connectivity index (χ1) is 15.0. The van der Waals surface area contributed by atoms with Gasteiger partial charge in [0.2, 0.25) is 5.91 Å².